The summed E-state index contributed by atoms with van der Waals surface area (Å²) in [5.41, 5.74) is 1.81. The number of furan rings is 1. The second-order valence-corrected chi connectivity index (χ2v) is 5.66. The van der Waals surface area contributed by atoms with E-state index >= 15 is 0 Å². The van der Waals surface area contributed by atoms with Gasteiger partial charge in [0.15, 0.2) is 0 Å². The maximum Gasteiger partial charge on any atom is 0.277 e. The third-order valence-electron chi connectivity index (χ3n) is 3.33. The highest BCUT2D eigenvalue weighted by molar-refractivity contribution is 7.98. The molecule has 0 aliphatic heterocycles. The molecule has 120 valence electrons. The van der Waals surface area contributed by atoms with Crippen molar-refractivity contribution in [3.63, 3.8) is 0 Å². The summed E-state index contributed by atoms with van der Waals surface area (Å²) in [6, 6.07) is 7.48. The van der Waals surface area contributed by atoms with E-state index in [1.165, 1.54) is 11.8 Å². The van der Waals surface area contributed by atoms with Gasteiger partial charge in [-0.05, 0) is 31.2 Å². The number of ether oxygens (including phenoxy) is 2. The van der Waals surface area contributed by atoms with Crippen LogP contribution in [0.15, 0.2) is 44.6 Å². The number of hydrogen-bond donors (Lipinski definition) is 0. The predicted octanol–water partition coefficient (Wildman–Crippen LogP) is 3.95. The van der Waals surface area contributed by atoms with Gasteiger partial charge in [-0.2, -0.15) is 0 Å². The van der Waals surface area contributed by atoms with Crippen LogP contribution in [0.4, 0.5) is 0 Å². The van der Waals surface area contributed by atoms with Crippen LogP contribution in [0.1, 0.15) is 11.3 Å². The van der Waals surface area contributed by atoms with E-state index in [4.69, 9.17) is 18.3 Å². The molecule has 0 aliphatic carbocycles. The van der Waals surface area contributed by atoms with Gasteiger partial charge in [0.05, 0.1) is 26.0 Å². The number of nitrogens with zero attached hydrogens (tertiary/aromatic N) is 2. The second kappa shape index (κ2) is 6.78. The molecular formula is C16H16N2O4S. The maximum absolute atomic E-state index is 5.67. The third kappa shape index (κ3) is 3.34. The maximum atomic E-state index is 5.67. The van der Waals surface area contributed by atoms with Crippen LogP contribution in [-0.4, -0.2) is 24.4 Å². The zero-order valence-corrected chi connectivity index (χ0v) is 13.8. The van der Waals surface area contributed by atoms with Crippen molar-refractivity contribution in [1.29, 1.82) is 0 Å². The molecule has 0 spiro atoms. The normalized spacial score (nSPS) is 10.7. The van der Waals surface area contributed by atoms with Gasteiger partial charge >= 0.3 is 0 Å². The van der Waals surface area contributed by atoms with E-state index in [2.05, 4.69) is 10.2 Å². The number of thioether (sulfide) groups is 1. The summed E-state index contributed by atoms with van der Waals surface area (Å²) in [7, 11) is 3.28. The van der Waals surface area contributed by atoms with Crippen molar-refractivity contribution in [2.24, 2.45) is 0 Å². The molecule has 0 saturated carbocycles. The van der Waals surface area contributed by atoms with Gasteiger partial charge in [-0.1, -0.05) is 11.8 Å². The largest absolute Gasteiger partial charge is 0.497 e. The minimum atomic E-state index is 0.455. The number of methoxy groups -OCH3 is 2. The molecule has 0 unspecified atom stereocenters. The summed E-state index contributed by atoms with van der Waals surface area (Å²) in [5, 5.41) is 8.60. The quantitative estimate of drug-likeness (QED) is 0.633. The van der Waals surface area contributed by atoms with Crippen molar-refractivity contribution >= 4 is 11.8 Å². The average molecular weight is 332 g/mol. The van der Waals surface area contributed by atoms with Gasteiger partial charge in [-0.15, -0.1) is 10.2 Å². The SMILES string of the molecule is COc1ccc(OC)c(CSc2nnc(-c3ccoc3C)o2)c1. The molecular weight excluding hydrogens is 316 g/mol. The lowest BCUT2D eigenvalue weighted by atomic mass is 10.2. The van der Waals surface area contributed by atoms with Crippen molar-refractivity contribution in [3.8, 4) is 23.0 Å². The molecule has 0 radical (unpaired) electrons. The molecule has 2 heterocycles. The van der Waals surface area contributed by atoms with Crippen LogP contribution < -0.4 is 9.47 Å². The highest BCUT2D eigenvalue weighted by Crippen LogP contribution is 2.32. The highest BCUT2D eigenvalue weighted by atomic mass is 32.2. The molecule has 23 heavy (non-hydrogen) atoms. The van der Waals surface area contributed by atoms with E-state index in [-0.39, 0.29) is 0 Å². The predicted molar refractivity (Wildman–Crippen MR) is 85.8 cm³/mol. The van der Waals surface area contributed by atoms with Gasteiger partial charge in [-0.25, -0.2) is 0 Å². The van der Waals surface area contributed by atoms with E-state index in [9.17, 15) is 0 Å². The summed E-state index contributed by atoms with van der Waals surface area (Å²) in [6.45, 7) is 1.85. The van der Waals surface area contributed by atoms with Gasteiger partial charge in [0.1, 0.15) is 17.3 Å². The first-order chi connectivity index (χ1) is 11.2. The monoisotopic (exact) mass is 332 g/mol. The number of aromatic nitrogens is 2. The number of hydrogen-bond acceptors (Lipinski definition) is 7. The minimum absolute atomic E-state index is 0.455. The standard InChI is InChI=1S/C16H16N2O4S/c1-10-13(6-7-21-10)15-17-18-16(22-15)23-9-11-8-12(19-2)4-5-14(11)20-3/h4-8H,9H2,1-3H3. The van der Waals surface area contributed by atoms with Crippen molar-refractivity contribution < 1.29 is 18.3 Å². The third-order valence-corrected chi connectivity index (χ3v) is 4.20. The molecule has 2 aromatic heterocycles. The van der Waals surface area contributed by atoms with Gasteiger partial charge in [0.2, 0.25) is 0 Å². The number of rotatable bonds is 6. The van der Waals surface area contributed by atoms with Gasteiger partial charge in [0, 0.05) is 11.3 Å². The van der Waals surface area contributed by atoms with Crippen LogP contribution in [-0.2, 0) is 5.75 Å². The molecule has 7 heteroatoms. The Labute approximate surface area is 137 Å². The Morgan fingerprint density at radius 3 is 2.70 bits per heavy atom. The fourth-order valence-electron chi connectivity index (χ4n) is 2.12. The Balaban J connectivity index is 1.74. The lowest BCUT2D eigenvalue weighted by molar-refractivity contribution is 0.400. The van der Waals surface area contributed by atoms with Crippen LogP contribution in [0.2, 0.25) is 0 Å². The molecule has 1 aromatic carbocycles. The fraction of sp³-hybridized carbons (Fsp3) is 0.250. The molecule has 0 atom stereocenters. The molecule has 0 N–H and O–H groups in total. The highest BCUT2D eigenvalue weighted by Gasteiger charge is 2.14. The van der Waals surface area contributed by atoms with E-state index in [1.54, 1.807) is 20.5 Å². The van der Waals surface area contributed by atoms with Gasteiger partial charge in [-0.3, -0.25) is 0 Å². The summed E-state index contributed by atoms with van der Waals surface area (Å²) >= 11 is 1.44. The Morgan fingerprint density at radius 1 is 1.13 bits per heavy atom. The average Bonchev–Trinajstić information content (AvgIpc) is 3.21. The molecule has 0 bridgehead atoms. The van der Waals surface area contributed by atoms with Crippen molar-refractivity contribution in [2.75, 3.05) is 14.2 Å². The van der Waals surface area contributed by atoms with Crippen molar-refractivity contribution in [2.45, 2.75) is 17.9 Å². The Hall–Kier alpha value is -2.41. The summed E-state index contributed by atoms with van der Waals surface area (Å²) in [5.74, 6) is 3.41. The van der Waals surface area contributed by atoms with E-state index in [0.717, 1.165) is 28.4 Å². The Morgan fingerprint density at radius 2 is 2.00 bits per heavy atom. The topological polar surface area (TPSA) is 70.5 Å². The molecule has 6 nitrogen and oxygen atoms in total. The van der Waals surface area contributed by atoms with Crippen LogP contribution in [0.25, 0.3) is 11.5 Å². The molecule has 3 rings (SSSR count). The van der Waals surface area contributed by atoms with Gasteiger partial charge in [0.25, 0.3) is 11.1 Å². The van der Waals surface area contributed by atoms with Crippen LogP contribution in [0, 0.1) is 6.92 Å². The van der Waals surface area contributed by atoms with E-state index < -0.39 is 0 Å². The van der Waals surface area contributed by atoms with Crippen molar-refractivity contribution in [3.05, 3.63) is 41.9 Å². The minimum Gasteiger partial charge on any atom is -0.497 e. The zero-order chi connectivity index (χ0) is 16.2. The molecule has 0 fully saturated rings. The van der Waals surface area contributed by atoms with Gasteiger partial charge < -0.3 is 18.3 Å². The van der Waals surface area contributed by atoms with Crippen molar-refractivity contribution in [1.82, 2.24) is 10.2 Å². The lowest BCUT2D eigenvalue weighted by Gasteiger charge is -2.09. The molecule has 0 saturated heterocycles. The second-order valence-electron chi connectivity index (χ2n) is 4.73. The smallest absolute Gasteiger partial charge is 0.277 e. The fourth-order valence-corrected chi connectivity index (χ4v) is 2.86. The van der Waals surface area contributed by atoms with E-state index in [1.807, 2.05) is 31.2 Å². The molecule has 3 aromatic rings. The van der Waals surface area contributed by atoms with Crippen LogP contribution in [0.3, 0.4) is 0 Å². The summed E-state index contributed by atoms with van der Waals surface area (Å²) in [4.78, 5) is 0. The first-order valence-electron chi connectivity index (χ1n) is 6.93. The Kier molecular flexibility index (Phi) is 4.57. The van der Waals surface area contributed by atoms with Crippen LogP contribution >= 0.6 is 11.8 Å². The Bertz CT molecular complexity index is 797. The molecule has 0 aliphatic rings. The van der Waals surface area contributed by atoms with E-state index in [0.29, 0.717) is 16.9 Å². The molecule has 0 amide bonds. The lowest BCUT2D eigenvalue weighted by Crippen LogP contribution is -1.92. The number of aryl methyl sites for hydroxylation is 1. The van der Waals surface area contributed by atoms with Crippen LogP contribution in [0.5, 0.6) is 11.5 Å². The first kappa shape index (κ1) is 15.5. The summed E-state index contributed by atoms with van der Waals surface area (Å²) in [6.07, 6.45) is 1.60. The summed E-state index contributed by atoms with van der Waals surface area (Å²) < 4.78 is 21.5. The number of benzene rings is 1. The zero-order valence-electron chi connectivity index (χ0n) is 13.0. The first-order valence-corrected chi connectivity index (χ1v) is 7.91.